The number of β-amino-alcohol motifs (C(OH)–C–C–N with tert-alkyl or cyclic N) is 1. The van der Waals surface area contributed by atoms with Gasteiger partial charge in [-0.05, 0) is 77.3 Å². The van der Waals surface area contributed by atoms with E-state index in [0.29, 0.717) is 12.6 Å². The highest BCUT2D eigenvalue weighted by atomic mass is 79.9. The number of hydrogen-bond donors (Lipinski definition) is 2. The molecular weight excluding hydrogens is 482 g/mol. The second-order valence-corrected chi connectivity index (χ2v) is 9.30. The number of imidazole rings is 1. The third kappa shape index (κ3) is 5.24. The average molecular weight is 508 g/mol. The van der Waals surface area contributed by atoms with Crippen LogP contribution < -0.4 is 4.74 Å². The number of fused-ring (bicyclic) bond motifs is 1. The van der Waals surface area contributed by atoms with Crippen molar-refractivity contribution in [3.8, 4) is 17.1 Å². The van der Waals surface area contributed by atoms with Crippen LogP contribution in [0, 0.1) is 0 Å². The molecule has 1 aromatic carbocycles. The molecule has 1 aliphatic rings. The molecule has 1 fully saturated rings. The number of hydrogen-bond acceptors (Lipinski definition) is 6. The van der Waals surface area contributed by atoms with E-state index >= 15 is 0 Å². The van der Waals surface area contributed by atoms with Crippen LogP contribution >= 0.6 is 15.9 Å². The molecule has 3 aromatic heterocycles. The van der Waals surface area contributed by atoms with Crippen molar-refractivity contribution in [1.29, 1.82) is 0 Å². The summed E-state index contributed by atoms with van der Waals surface area (Å²) in [5, 5.41) is 10.7. The van der Waals surface area contributed by atoms with E-state index in [-0.39, 0.29) is 6.61 Å². The Bertz CT molecular complexity index is 1200. The van der Waals surface area contributed by atoms with Crippen LogP contribution in [0.4, 0.5) is 0 Å². The molecular formula is C25H26BrN5O2. The molecule has 2 unspecified atom stereocenters. The number of piperidine rings is 1. The number of benzene rings is 1. The van der Waals surface area contributed by atoms with Gasteiger partial charge in [-0.25, -0.2) is 9.97 Å². The Morgan fingerprint density at radius 1 is 1.18 bits per heavy atom. The molecule has 7 nitrogen and oxygen atoms in total. The fourth-order valence-electron chi connectivity index (χ4n) is 4.39. The largest absolute Gasteiger partial charge is 0.491 e. The Morgan fingerprint density at radius 3 is 2.88 bits per heavy atom. The van der Waals surface area contributed by atoms with Crippen LogP contribution in [-0.2, 0) is 0 Å². The van der Waals surface area contributed by atoms with E-state index in [2.05, 4.69) is 46.8 Å². The number of aromatic nitrogens is 4. The lowest BCUT2D eigenvalue weighted by atomic mass is 9.96. The van der Waals surface area contributed by atoms with Crippen molar-refractivity contribution in [3.05, 3.63) is 71.1 Å². The molecule has 4 aromatic rings. The Morgan fingerprint density at radius 2 is 2.06 bits per heavy atom. The van der Waals surface area contributed by atoms with Crippen LogP contribution in [-0.4, -0.2) is 55.7 Å². The van der Waals surface area contributed by atoms with Gasteiger partial charge in [-0.1, -0.05) is 12.5 Å². The highest BCUT2D eigenvalue weighted by molar-refractivity contribution is 9.10. The van der Waals surface area contributed by atoms with E-state index in [0.717, 1.165) is 52.2 Å². The predicted octanol–water partition coefficient (Wildman–Crippen LogP) is 4.75. The first-order valence-electron chi connectivity index (χ1n) is 11.2. The minimum Gasteiger partial charge on any atom is -0.491 e. The summed E-state index contributed by atoms with van der Waals surface area (Å²) in [6.07, 6.45) is 8.36. The lowest BCUT2D eigenvalue weighted by Crippen LogP contribution is -2.40. The number of halogens is 1. The molecule has 2 atom stereocenters. The van der Waals surface area contributed by atoms with Crippen molar-refractivity contribution in [2.24, 2.45) is 0 Å². The van der Waals surface area contributed by atoms with Gasteiger partial charge >= 0.3 is 0 Å². The minimum absolute atomic E-state index is 0.248. The topological polar surface area (TPSA) is 87.2 Å². The van der Waals surface area contributed by atoms with E-state index in [1.165, 1.54) is 12.0 Å². The third-order valence-electron chi connectivity index (χ3n) is 6.00. The van der Waals surface area contributed by atoms with Gasteiger partial charge in [0.2, 0.25) is 0 Å². The van der Waals surface area contributed by atoms with Crippen LogP contribution in [0.2, 0.25) is 0 Å². The van der Waals surface area contributed by atoms with Crippen LogP contribution in [0.25, 0.3) is 22.6 Å². The van der Waals surface area contributed by atoms with Crippen molar-refractivity contribution >= 4 is 27.1 Å². The summed E-state index contributed by atoms with van der Waals surface area (Å²) < 4.78 is 6.77. The standard InChI is InChI=1S/C25H26BrN5O2/c26-19-12-22-25(28-14-19)30-24(29-22)17-6-8-21(9-7-17)33-16-20(32)15-31-11-2-1-5-23(31)18-4-3-10-27-13-18/h3-4,6-10,12-14,20,23,32H,1-2,5,11,15-16H2,(H,28,29,30). The van der Waals surface area contributed by atoms with Gasteiger partial charge in [0.15, 0.2) is 5.65 Å². The smallest absolute Gasteiger partial charge is 0.157 e. The normalized spacial score (nSPS) is 17.8. The van der Waals surface area contributed by atoms with Crippen molar-refractivity contribution in [1.82, 2.24) is 24.8 Å². The van der Waals surface area contributed by atoms with Gasteiger partial charge in [0, 0.05) is 41.2 Å². The van der Waals surface area contributed by atoms with Gasteiger partial charge in [0.05, 0.1) is 0 Å². The first kappa shape index (κ1) is 22.0. The number of ether oxygens (including phenoxy) is 1. The lowest BCUT2D eigenvalue weighted by Gasteiger charge is -2.37. The number of rotatable bonds is 7. The van der Waals surface area contributed by atoms with Crippen LogP contribution in [0.15, 0.2) is 65.5 Å². The zero-order valence-electron chi connectivity index (χ0n) is 18.2. The Kier molecular flexibility index (Phi) is 6.66. The molecule has 33 heavy (non-hydrogen) atoms. The number of H-pyrrole nitrogens is 1. The summed E-state index contributed by atoms with van der Waals surface area (Å²) in [6, 6.07) is 14.1. The molecule has 1 aliphatic heterocycles. The third-order valence-corrected chi connectivity index (χ3v) is 6.44. The van der Waals surface area contributed by atoms with Crippen LogP contribution in [0.3, 0.4) is 0 Å². The molecule has 0 bridgehead atoms. The van der Waals surface area contributed by atoms with E-state index in [4.69, 9.17) is 4.74 Å². The molecule has 5 rings (SSSR count). The quantitative estimate of drug-likeness (QED) is 0.375. The number of likely N-dealkylation sites (tertiary alicyclic amines) is 1. The van der Waals surface area contributed by atoms with Gasteiger partial charge < -0.3 is 14.8 Å². The number of nitrogens with zero attached hydrogens (tertiary/aromatic N) is 4. The maximum Gasteiger partial charge on any atom is 0.157 e. The molecule has 0 saturated carbocycles. The summed E-state index contributed by atoms with van der Waals surface area (Å²) >= 11 is 3.42. The first-order valence-corrected chi connectivity index (χ1v) is 12.0. The highest BCUT2D eigenvalue weighted by Crippen LogP contribution is 2.30. The molecule has 0 aliphatic carbocycles. The SMILES string of the molecule is OC(COc1ccc(-c2nc3cc(Br)cnc3[nH]2)cc1)CN1CCCCC1c1cccnc1. The number of nitrogens with one attached hydrogen (secondary N) is 1. The zero-order valence-corrected chi connectivity index (χ0v) is 19.8. The number of aromatic amines is 1. The number of aliphatic hydroxyl groups excluding tert-OH is 1. The first-order chi connectivity index (χ1) is 16.2. The molecule has 170 valence electrons. The summed E-state index contributed by atoms with van der Waals surface area (Å²) in [6.45, 7) is 1.81. The van der Waals surface area contributed by atoms with Crippen molar-refractivity contribution in [3.63, 3.8) is 0 Å². The van der Waals surface area contributed by atoms with E-state index in [9.17, 15) is 5.11 Å². The van der Waals surface area contributed by atoms with Crippen LogP contribution in [0.1, 0.15) is 30.9 Å². The van der Waals surface area contributed by atoms with Crippen molar-refractivity contribution in [2.75, 3.05) is 19.7 Å². The summed E-state index contributed by atoms with van der Waals surface area (Å²) in [4.78, 5) is 18.8. The highest BCUT2D eigenvalue weighted by Gasteiger charge is 2.26. The maximum atomic E-state index is 10.7. The second-order valence-electron chi connectivity index (χ2n) is 8.39. The van der Waals surface area contributed by atoms with Gasteiger partial charge in [-0.15, -0.1) is 0 Å². The van der Waals surface area contributed by atoms with E-state index in [1.54, 1.807) is 12.4 Å². The fraction of sp³-hybridized carbons (Fsp3) is 0.320. The Hall–Kier alpha value is -2.81. The summed E-state index contributed by atoms with van der Waals surface area (Å²) in [5.41, 5.74) is 3.72. The van der Waals surface area contributed by atoms with Gasteiger partial charge in [0.25, 0.3) is 0 Å². The van der Waals surface area contributed by atoms with Crippen molar-refractivity contribution in [2.45, 2.75) is 31.4 Å². The van der Waals surface area contributed by atoms with Crippen LogP contribution in [0.5, 0.6) is 5.75 Å². The fourth-order valence-corrected chi connectivity index (χ4v) is 4.71. The minimum atomic E-state index is -0.568. The monoisotopic (exact) mass is 507 g/mol. The molecule has 4 heterocycles. The van der Waals surface area contributed by atoms with Gasteiger partial charge in [-0.3, -0.25) is 9.88 Å². The second kappa shape index (κ2) is 9.99. The van der Waals surface area contributed by atoms with E-state index < -0.39 is 6.10 Å². The lowest BCUT2D eigenvalue weighted by molar-refractivity contribution is 0.0392. The maximum absolute atomic E-state index is 10.7. The van der Waals surface area contributed by atoms with Crippen molar-refractivity contribution < 1.29 is 9.84 Å². The number of pyridine rings is 2. The summed E-state index contributed by atoms with van der Waals surface area (Å²) in [7, 11) is 0. The molecule has 0 radical (unpaired) electrons. The molecule has 0 spiro atoms. The molecule has 2 N–H and O–H groups in total. The number of aliphatic hydroxyl groups is 1. The zero-order chi connectivity index (χ0) is 22.6. The summed E-state index contributed by atoms with van der Waals surface area (Å²) in [5.74, 6) is 1.48. The molecule has 0 amide bonds. The van der Waals surface area contributed by atoms with E-state index in [1.807, 2.05) is 42.6 Å². The average Bonchev–Trinajstić information content (AvgIpc) is 3.27. The van der Waals surface area contributed by atoms with Gasteiger partial charge in [-0.2, -0.15) is 0 Å². The molecule has 1 saturated heterocycles. The van der Waals surface area contributed by atoms with Gasteiger partial charge in [0.1, 0.15) is 29.8 Å². The molecule has 8 heteroatoms. The Balaban J connectivity index is 1.18. The Labute approximate surface area is 201 Å². The predicted molar refractivity (Wildman–Crippen MR) is 131 cm³/mol.